The third kappa shape index (κ3) is 4.97. The maximum absolute atomic E-state index is 5.74. The van der Waals surface area contributed by atoms with Gasteiger partial charge in [-0.25, -0.2) is 0 Å². The molecular weight excluding hydrogens is 328 g/mol. The van der Waals surface area contributed by atoms with Crippen molar-refractivity contribution < 1.29 is 4.74 Å². The predicted molar refractivity (Wildman–Crippen MR) is 92.9 cm³/mol. The van der Waals surface area contributed by atoms with Gasteiger partial charge in [0, 0.05) is 29.8 Å². The Hall–Kier alpha value is -0.580. The van der Waals surface area contributed by atoms with Gasteiger partial charge in [0.1, 0.15) is 0 Å². The van der Waals surface area contributed by atoms with E-state index in [9.17, 15) is 0 Å². The molecule has 0 saturated carbocycles. The van der Waals surface area contributed by atoms with Gasteiger partial charge in [0.15, 0.2) is 0 Å². The SMILES string of the molecule is CCC1CN(c2ccc(CNCC(C)C)c(Br)c2)CCO1. The van der Waals surface area contributed by atoms with Crippen molar-refractivity contribution in [1.29, 1.82) is 0 Å². The Balaban J connectivity index is 1.97. The second kappa shape index (κ2) is 8.16. The van der Waals surface area contributed by atoms with E-state index in [1.807, 2.05) is 0 Å². The smallest absolute Gasteiger partial charge is 0.0748 e. The molecule has 1 aliphatic heterocycles. The minimum absolute atomic E-state index is 0.366. The number of anilines is 1. The molecule has 0 radical (unpaired) electrons. The summed E-state index contributed by atoms with van der Waals surface area (Å²) in [5.41, 5.74) is 2.61. The molecule has 4 heteroatoms. The van der Waals surface area contributed by atoms with Crippen LogP contribution in [0.5, 0.6) is 0 Å². The van der Waals surface area contributed by atoms with Crippen LogP contribution < -0.4 is 10.2 Å². The Morgan fingerprint density at radius 1 is 1.43 bits per heavy atom. The van der Waals surface area contributed by atoms with Crippen LogP contribution in [-0.4, -0.2) is 32.3 Å². The lowest BCUT2D eigenvalue weighted by molar-refractivity contribution is 0.0384. The lowest BCUT2D eigenvalue weighted by Gasteiger charge is -2.34. The molecule has 1 aromatic rings. The summed E-state index contributed by atoms with van der Waals surface area (Å²) >= 11 is 3.72. The van der Waals surface area contributed by atoms with Gasteiger partial charge in [-0.15, -0.1) is 0 Å². The van der Waals surface area contributed by atoms with Crippen molar-refractivity contribution in [2.75, 3.05) is 31.1 Å². The first-order chi connectivity index (χ1) is 10.1. The number of nitrogens with zero attached hydrogens (tertiary/aromatic N) is 1. The fourth-order valence-corrected chi connectivity index (χ4v) is 3.08. The average molecular weight is 355 g/mol. The minimum Gasteiger partial charge on any atom is -0.375 e. The van der Waals surface area contributed by atoms with E-state index < -0.39 is 0 Å². The Kier molecular flexibility index (Phi) is 6.52. The number of nitrogens with one attached hydrogen (secondary N) is 1. The van der Waals surface area contributed by atoms with E-state index in [-0.39, 0.29) is 0 Å². The van der Waals surface area contributed by atoms with Crippen LogP contribution in [0.3, 0.4) is 0 Å². The number of benzene rings is 1. The normalized spacial score (nSPS) is 19.3. The first-order valence-corrected chi connectivity index (χ1v) is 8.75. The molecule has 2 rings (SSSR count). The number of ether oxygens (including phenoxy) is 1. The molecule has 1 N–H and O–H groups in total. The van der Waals surface area contributed by atoms with Crippen LogP contribution in [0.1, 0.15) is 32.8 Å². The lowest BCUT2D eigenvalue weighted by atomic mass is 10.1. The zero-order chi connectivity index (χ0) is 15.2. The van der Waals surface area contributed by atoms with Crippen LogP contribution in [0, 0.1) is 5.92 Å². The van der Waals surface area contributed by atoms with Gasteiger partial charge in [0.25, 0.3) is 0 Å². The number of hydrogen-bond acceptors (Lipinski definition) is 3. The molecule has 1 heterocycles. The van der Waals surface area contributed by atoms with E-state index in [1.54, 1.807) is 0 Å². The first-order valence-electron chi connectivity index (χ1n) is 7.95. The molecule has 21 heavy (non-hydrogen) atoms. The maximum Gasteiger partial charge on any atom is 0.0748 e. The maximum atomic E-state index is 5.74. The summed E-state index contributed by atoms with van der Waals surface area (Å²) in [5.74, 6) is 0.683. The molecule has 0 aromatic heterocycles. The van der Waals surface area contributed by atoms with Gasteiger partial charge in [-0.05, 0) is 36.6 Å². The molecule has 1 atom stereocenters. The van der Waals surface area contributed by atoms with Gasteiger partial charge in [-0.1, -0.05) is 42.8 Å². The zero-order valence-corrected chi connectivity index (χ0v) is 14.9. The van der Waals surface area contributed by atoms with Crippen LogP contribution >= 0.6 is 15.9 Å². The first kappa shape index (κ1) is 16.8. The van der Waals surface area contributed by atoms with Crippen molar-refractivity contribution in [2.24, 2.45) is 5.92 Å². The number of rotatable bonds is 6. The molecule has 0 spiro atoms. The summed E-state index contributed by atoms with van der Waals surface area (Å²) in [6.07, 6.45) is 1.44. The highest BCUT2D eigenvalue weighted by atomic mass is 79.9. The molecule has 1 unspecified atom stereocenters. The number of morpholine rings is 1. The fraction of sp³-hybridized carbons (Fsp3) is 0.647. The molecule has 1 aliphatic rings. The van der Waals surface area contributed by atoms with Crippen molar-refractivity contribution in [2.45, 2.75) is 39.8 Å². The Labute approximate surface area is 137 Å². The van der Waals surface area contributed by atoms with Gasteiger partial charge in [-0.3, -0.25) is 0 Å². The van der Waals surface area contributed by atoms with Crippen LogP contribution in [-0.2, 0) is 11.3 Å². The third-order valence-corrected chi connectivity index (χ3v) is 4.60. The Bertz CT molecular complexity index is 450. The molecule has 0 aliphatic carbocycles. The molecule has 0 bridgehead atoms. The van der Waals surface area contributed by atoms with E-state index in [0.29, 0.717) is 12.0 Å². The van der Waals surface area contributed by atoms with E-state index in [2.05, 4.69) is 65.1 Å². The minimum atomic E-state index is 0.366. The summed E-state index contributed by atoms with van der Waals surface area (Å²) in [4.78, 5) is 2.42. The highest BCUT2D eigenvalue weighted by Crippen LogP contribution is 2.26. The summed E-state index contributed by atoms with van der Waals surface area (Å²) in [6.45, 7) is 11.4. The predicted octanol–water partition coefficient (Wildman–Crippen LogP) is 3.81. The molecule has 3 nitrogen and oxygen atoms in total. The monoisotopic (exact) mass is 354 g/mol. The number of hydrogen-bond donors (Lipinski definition) is 1. The molecule has 0 amide bonds. The summed E-state index contributed by atoms with van der Waals surface area (Å²) in [6, 6.07) is 6.70. The van der Waals surface area contributed by atoms with Crippen LogP contribution in [0.4, 0.5) is 5.69 Å². The summed E-state index contributed by atoms with van der Waals surface area (Å²) < 4.78 is 6.94. The highest BCUT2D eigenvalue weighted by Gasteiger charge is 2.19. The van der Waals surface area contributed by atoms with Crippen LogP contribution in [0.25, 0.3) is 0 Å². The van der Waals surface area contributed by atoms with E-state index >= 15 is 0 Å². The standard InChI is InChI=1S/C17H27BrN2O/c1-4-16-12-20(7-8-21-16)15-6-5-14(17(18)9-15)11-19-10-13(2)3/h5-6,9,13,16,19H,4,7-8,10-12H2,1-3H3. The average Bonchev–Trinajstić information content (AvgIpc) is 2.48. The molecule has 1 fully saturated rings. The van der Waals surface area contributed by atoms with E-state index in [0.717, 1.165) is 39.2 Å². The summed E-state index contributed by atoms with van der Waals surface area (Å²) in [5, 5.41) is 3.49. The second-order valence-corrected chi connectivity index (χ2v) is 7.00. The van der Waals surface area contributed by atoms with Gasteiger partial charge < -0.3 is 15.0 Å². The fourth-order valence-electron chi connectivity index (χ4n) is 2.57. The highest BCUT2D eigenvalue weighted by molar-refractivity contribution is 9.10. The summed E-state index contributed by atoms with van der Waals surface area (Å²) in [7, 11) is 0. The third-order valence-electron chi connectivity index (χ3n) is 3.86. The second-order valence-electron chi connectivity index (χ2n) is 6.15. The van der Waals surface area contributed by atoms with Gasteiger partial charge in [-0.2, -0.15) is 0 Å². The van der Waals surface area contributed by atoms with Crippen molar-refractivity contribution >= 4 is 21.6 Å². The molecule has 118 valence electrons. The molecule has 1 saturated heterocycles. The van der Waals surface area contributed by atoms with Crippen LogP contribution in [0.15, 0.2) is 22.7 Å². The van der Waals surface area contributed by atoms with Gasteiger partial charge >= 0.3 is 0 Å². The Morgan fingerprint density at radius 3 is 2.90 bits per heavy atom. The zero-order valence-electron chi connectivity index (χ0n) is 13.4. The Morgan fingerprint density at radius 2 is 2.24 bits per heavy atom. The van der Waals surface area contributed by atoms with Crippen molar-refractivity contribution in [3.8, 4) is 0 Å². The van der Waals surface area contributed by atoms with Crippen LogP contribution in [0.2, 0.25) is 0 Å². The van der Waals surface area contributed by atoms with Crippen molar-refractivity contribution in [3.63, 3.8) is 0 Å². The van der Waals surface area contributed by atoms with Gasteiger partial charge in [0.05, 0.1) is 12.7 Å². The topological polar surface area (TPSA) is 24.5 Å². The molecule has 1 aromatic carbocycles. The van der Waals surface area contributed by atoms with E-state index in [1.165, 1.54) is 15.7 Å². The van der Waals surface area contributed by atoms with Gasteiger partial charge in [0.2, 0.25) is 0 Å². The van der Waals surface area contributed by atoms with E-state index in [4.69, 9.17) is 4.74 Å². The quantitative estimate of drug-likeness (QED) is 0.840. The largest absolute Gasteiger partial charge is 0.375 e. The van der Waals surface area contributed by atoms with Crippen molar-refractivity contribution in [3.05, 3.63) is 28.2 Å². The van der Waals surface area contributed by atoms with Crippen molar-refractivity contribution in [1.82, 2.24) is 5.32 Å². The number of halogens is 1. The lowest BCUT2D eigenvalue weighted by Crippen LogP contribution is -2.42. The molecular formula is C17H27BrN2O.